The number of hydrogen-bond donors (Lipinski definition) is 3. The third-order valence-corrected chi connectivity index (χ3v) is 3.90. The van der Waals surface area contributed by atoms with E-state index in [4.69, 9.17) is 5.73 Å². The van der Waals surface area contributed by atoms with Gasteiger partial charge < -0.3 is 16.4 Å². The van der Waals surface area contributed by atoms with Crippen LogP contribution in [0.5, 0.6) is 0 Å². The Kier molecular flexibility index (Phi) is 5.33. The van der Waals surface area contributed by atoms with E-state index in [0.717, 1.165) is 36.9 Å². The normalized spacial score (nSPS) is 21.6. The number of carbonyl (C=O) groups is 2. The Hall–Kier alpha value is -1.88. The van der Waals surface area contributed by atoms with Crippen LogP contribution in [0.4, 0.5) is 5.69 Å². The number of nitrogens with one attached hydrogen (secondary N) is 2. The van der Waals surface area contributed by atoms with Crippen molar-refractivity contribution in [2.75, 3.05) is 5.32 Å². The number of nitrogens with two attached hydrogens (primary N) is 1. The van der Waals surface area contributed by atoms with Crippen molar-refractivity contribution in [3.05, 3.63) is 29.8 Å². The Morgan fingerprint density at radius 3 is 2.48 bits per heavy atom. The van der Waals surface area contributed by atoms with Crippen molar-refractivity contribution in [2.24, 2.45) is 11.7 Å². The van der Waals surface area contributed by atoms with Gasteiger partial charge in [-0.3, -0.25) is 9.59 Å². The van der Waals surface area contributed by atoms with E-state index in [0.29, 0.717) is 6.54 Å². The van der Waals surface area contributed by atoms with Gasteiger partial charge in [-0.15, -0.1) is 0 Å². The standard InChI is InChI=1S/C16H23N3O2/c1-11(20)19-13-8-6-12(7-9-13)10-18-16(21)14-4-2-3-5-15(14)17/h6-9,14-15H,2-5,10,17H2,1H3,(H,18,21)(H,19,20). The lowest BCUT2D eigenvalue weighted by Crippen LogP contribution is -2.43. The fraction of sp³-hybridized carbons (Fsp3) is 0.500. The Bertz CT molecular complexity index is 499. The summed E-state index contributed by atoms with van der Waals surface area (Å²) in [5.41, 5.74) is 7.77. The smallest absolute Gasteiger partial charge is 0.224 e. The molecule has 0 aliphatic heterocycles. The first-order valence-corrected chi connectivity index (χ1v) is 7.46. The summed E-state index contributed by atoms with van der Waals surface area (Å²) in [7, 11) is 0. The van der Waals surface area contributed by atoms with E-state index in [2.05, 4.69) is 10.6 Å². The zero-order valence-electron chi connectivity index (χ0n) is 12.4. The highest BCUT2D eigenvalue weighted by atomic mass is 16.2. The molecular formula is C16H23N3O2. The molecule has 1 aliphatic rings. The highest BCUT2D eigenvalue weighted by Gasteiger charge is 2.27. The highest BCUT2D eigenvalue weighted by Crippen LogP contribution is 2.23. The van der Waals surface area contributed by atoms with Gasteiger partial charge in [0.25, 0.3) is 0 Å². The van der Waals surface area contributed by atoms with Crippen LogP contribution >= 0.6 is 0 Å². The van der Waals surface area contributed by atoms with Crippen molar-refractivity contribution in [1.29, 1.82) is 0 Å². The van der Waals surface area contributed by atoms with Gasteiger partial charge in [0, 0.05) is 25.2 Å². The number of rotatable bonds is 4. The van der Waals surface area contributed by atoms with E-state index in [1.54, 1.807) is 0 Å². The molecular weight excluding hydrogens is 266 g/mol. The van der Waals surface area contributed by atoms with E-state index in [-0.39, 0.29) is 23.8 Å². The third kappa shape index (κ3) is 4.56. The molecule has 4 N–H and O–H groups in total. The summed E-state index contributed by atoms with van der Waals surface area (Å²) in [5.74, 6) is -0.104. The zero-order valence-corrected chi connectivity index (χ0v) is 12.4. The van der Waals surface area contributed by atoms with Crippen LogP contribution in [-0.2, 0) is 16.1 Å². The summed E-state index contributed by atoms with van der Waals surface area (Å²) in [6.07, 6.45) is 4.02. The minimum atomic E-state index is -0.0951. The van der Waals surface area contributed by atoms with E-state index >= 15 is 0 Å². The van der Waals surface area contributed by atoms with Gasteiger partial charge in [0.05, 0.1) is 5.92 Å². The molecule has 2 unspecified atom stereocenters. The van der Waals surface area contributed by atoms with Crippen LogP contribution in [-0.4, -0.2) is 17.9 Å². The monoisotopic (exact) mass is 289 g/mol. The van der Waals surface area contributed by atoms with E-state index < -0.39 is 0 Å². The number of hydrogen-bond acceptors (Lipinski definition) is 3. The minimum Gasteiger partial charge on any atom is -0.352 e. The summed E-state index contributed by atoms with van der Waals surface area (Å²) >= 11 is 0. The molecule has 1 aromatic rings. The molecule has 5 nitrogen and oxygen atoms in total. The van der Waals surface area contributed by atoms with Gasteiger partial charge in [-0.2, -0.15) is 0 Å². The maximum absolute atomic E-state index is 12.1. The summed E-state index contributed by atoms with van der Waals surface area (Å²) in [6.45, 7) is 1.96. The van der Waals surface area contributed by atoms with E-state index in [1.807, 2.05) is 24.3 Å². The van der Waals surface area contributed by atoms with Crippen LogP contribution < -0.4 is 16.4 Å². The summed E-state index contributed by atoms with van der Waals surface area (Å²) in [5, 5.41) is 5.66. The Morgan fingerprint density at radius 2 is 1.86 bits per heavy atom. The third-order valence-electron chi connectivity index (χ3n) is 3.90. The Morgan fingerprint density at radius 1 is 1.19 bits per heavy atom. The van der Waals surface area contributed by atoms with Gasteiger partial charge in [-0.25, -0.2) is 0 Å². The maximum Gasteiger partial charge on any atom is 0.224 e. The molecule has 2 atom stereocenters. The summed E-state index contributed by atoms with van der Waals surface area (Å²) in [4.78, 5) is 23.1. The molecule has 1 aliphatic carbocycles. The fourth-order valence-corrected chi connectivity index (χ4v) is 2.71. The molecule has 0 radical (unpaired) electrons. The molecule has 0 spiro atoms. The number of benzene rings is 1. The predicted octanol–water partition coefficient (Wildman–Crippen LogP) is 1.78. The molecule has 21 heavy (non-hydrogen) atoms. The molecule has 0 heterocycles. The van der Waals surface area contributed by atoms with Crippen molar-refractivity contribution in [3.63, 3.8) is 0 Å². The Balaban J connectivity index is 1.84. The lowest BCUT2D eigenvalue weighted by Gasteiger charge is -2.27. The largest absolute Gasteiger partial charge is 0.352 e. The van der Waals surface area contributed by atoms with Gasteiger partial charge in [-0.05, 0) is 30.5 Å². The average molecular weight is 289 g/mol. The summed E-state index contributed by atoms with van der Waals surface area (Å²) < 4.78 is 0. The van der Waals surface area contributed by atoms with Crippen molar-refractivity contribution >= 4 is 17.5 Å². The van der Waals surface area contributed by atoms with Crippen LogP contribution in [0.25, 0.3) is 0 Å². The first kappa shape index (κ1) is 15.5. The maximum atomic E-state index is 12.1. The van der Waals surface area contributed by atoms with Gasteiger partial charge in [0.1, 0.15) is 0 Å². The Labute approximate surface area is 125 Å². The van der Waals surface area contributed by atoms with Gasteiger partial charge in [0.2, 0.25) is 11.8 Å². The molecule has 114 valence electrons. The number of anilines is 1. The molecule has 1 fully saturated rings. The molecule has 1 saturated carbocycles. The van der Waals surface area contributed by atoms with Gasteiger partial charge in [-0.1, -0.05) is 25.0 Å². The second-order valence-electron chi connectivity index (χ2n) is 5.65. The number of amides is 2. The first-order chi connectivity index (χ1) is 10.1. The summed E-state index contributed by atoms with van der Waals surface area (Å²) in [6, 6.07) is 7.43. The molecule has 2 amide bonds. The van der Waals surface area contributed by atoms with Crippen LogP contribution in [0.1, 0.15) is 38.2 Å². The molecule has 0 saturated heterocycles. The van der Waals surface area contributed by atoms with Crippen LogP contribution in [0.2, 0.25) is 0 Å². The second kappa shape index (κ2) is 7.22. The second-order valence-corrected chi connectivity index (χ2v) is 5.65. The quantitative estimate of drug-likeness (QED) is 0.790. The topological polar surface area (TPSA) is 84.2 Å². The SMILES string of the molecule is CC(=O)Nc1ccc(CNC(=O)C2CCCCC2N)cc1. The molecule has 5 heteroatoms. The molecule has 0 aromatic heterocycles. The molecule has 0 bridgehead atoms. The lowest BCUT2D eigenvalue weighted by atomic mass is 9.84. The minimum absolute atomic E-state index is 0.0131. The molecule has 2 rings (SSSR count). The average Bonchev–Trinajstić information content (AvgIpc) is 2.46. The predicted molar refractivity (Wildman–Crippen MR) is 82.5 cm³/mol. The van der Waals surface area contributed by atoms with Crippen molar-refractivity contribution < 1.29 is 9.59 Å². The van der Waals surface area contributed by atoms with Crippen LogP contribution in [0.3, 0.4) is 0 Å². The zero-order chi connectivity index (χ0) is 15.2. The van der Waals surface area contributed by atoms with Crippen LogP contribution in [0.15, 0.2) is 24.3 Å². The lowest BCUT2D eigenvalue weighted by molar-refractivity contribution is -0.126. The van der Waals surface area contributed by atoms with Crippen molar-refractivity contribution in [3.8, 4) is 0 Å². The van der Waals surface area contributed by atoms with Gasteiger partial charge in [0.15, 0.2) is 0 Å². The van der Waals surface area contributed by atoms with E-state index in [1.165, 1.54) is 6.92 Å². The first-order valence-electron chi connectivity index (χ1n) is 7.46. The number of carbonyl (C=O) groups excluding carboxylic acids is 2. The van der Waals surface area contributed by atoms with E-state index in [9.17, 15) is 9.59 Å². The highest BCUT2D eigenvalue weighted by molar-refractivity contribution is 5.88. The van der Waals surface area contributed by atoms with Crippen molar-refractivity contribution in [2.45, 2.75) is 45.2 Å². The van der Waals surface area contributed by atoms with Crippen LogP contribution in [0, 0.1) is 5.92 Å². The molecule has 1 aromatic carbocycles. The van der Waals surface area contributed by atoms with Crippen molar-refractivity contribution in [1.82, 2.24) is 5.32 Å². The van der Waals surface area contributed by atoms with Gasteiger partial charge >= 0.3 is 0 Å². The fourth-order valence-electron chi connectivity index (χ4n) is 2.71.